The van der Waals surface area contributed by atoms with Gasteiger partial charge >= 0.3 is 0 Å². The molecule has 0 unspecified atom stereocenters. The molecule has 0 saturated carbocycles. The molecule has 0 bridgehead atoms. The van der Waals surface area contributed by atoms with Crippen molar-refractivity contribution in [3.8, 4) is 0 Å². The third-order valence-corrected chi connectivity index (χ3v) is 4.34. The molecule has 2 aromatic rings. The van der Waals surface area contributed by atoms with Crippen molar-refractivity contribution < 1.29 is 0 Å². The Balaban J connectivity index is 1.87. The summed E-state index contributed by atoms with van der Waals surface area (Å²) in [7, 11) is 0. The Morgan fingerprint density at radius 1 is 1.05 bits per heavy atom. The number of rotatable bonds is 2. The Labute approximate surface area is 120 Å². The number of pyridine rings is 1. The van der Waals surface area contributed by atoms with Crippen LogP contribution in [0.15, 0.2) is 48.8 Å². The second-order valence-corrected chi connectivity index (χ2v) is 6.15. The first-order valence-corrected chi connectivity index (χ1v) is 7.09. The normalized spacial score (nSPS) is 24.7. The van der Waals surface area contributed by atoms with E-state index >= 15 is 0 Å². The van der Waals surface area contributed by atoms with Gasteiger partial charge in [-0.15, -0.1) is 0 Å². The minimum atomic E-state index is 0.0768. The van der Waals surface area contributed by atoms with Crippen molar-refractivity contribution >= 4 is 5.69 Å². The lowest BCUT2D eigenvalue weighted by Crippen LogP contribution is -2.37. The third-order valence-electron chi connectivity index (χ3n) is 4.34. The zero-order valence-electron chi connectivity index (χ0n) is 12.0. The molecule has 3 N–H and O–H groups in total. The fourth-order valence-corrected chi connectivity index (χ4v) is 3.24. The van der Waals surface area contributed by atoms with Crippen molar-refractivity contribution in [2.45, 2.75) is 37.8 Å². The molecule has 3 heteroatoms. The highest BCUT2D eigenvalue weighted by Gasteiger charge is 2.40. The number of hydrogen-bond acceptors (Lipinski definition) is 3. The minimum absolute atomic E-state index is 0.0768. The lowest BCUT2D eigenvalue weighted by atomic mass is 9.83. The largest absolute Gasteiger partial charge is 0.399 e. The molecule has 3 nitrogen and oxygen atoms in total. The number of hydrogen-bond donors (Lipinski definition) is 2. The molecule has 1 aromatic carbocycles. The number of nitrogens with zero attached hydrogens (tertiary/aromatic N) is 1. The Morgan fingerprint density at radius 3 is 2.35 bits per heavy atom. The van der Waals surface area contributed by atoms with E-state index in [0.29, 0.717) is 12.0 Å². The summed E-state index contributed by atoms with van der Waals surface area (Å²) in [5.74, 6) is 0.494. The van der Waals surface area contributed by atoms with Crippen LogP contribution in [0.5, 0.6) is 0 Å². The maximum atomic E-state index is 5.77. The van der Waals surface area contributed by atoms with E-state index in [0.717, 1.165) is 12.1 Å². The second kappa shape index (κ2) is 4.91. The van der Waals surface area contributed by atoms with E-state index in [9.17, 15) is 0 Å². The number of anilines is 1. The third kappa shape index (κ3) is 2.41. The molecule has 0 spiro atoms. The van der Waals surface area contributed by atoms with Crippen molar-refractivity contribution in [1.82, 2.24) is 10.3 Å². The standard InChI is InChI=1S/C17H21N3/c1-17(2)15(12-7-9-19-10-8-12)11-16(20-17)13-3-5-14(18)6-4-13/h3-10,15-16,20H,11,18H2,1-2H3/t15-,16+/m1/s1. The molecule has 104 valence electrons. The lowest BCUT2D eigenvalue weighted by Gasteiger charge is -2.27. The average molecular weight is 267 g/mol. The Kier molecular flexibility index (Phi) is 3.22. The molecule has 0 amide bonds. The van der Waals surface area contributed by atoms with Crippen molar-refractivity contribution in [2.24, 2.45) is 0 Å². The van der Waals surface area contributed by atoms with Gasteiger partial charge in [0.2, 0.25) is 0 Å². The number of nitrogen functional groups attached to an aromatic ring is 1. The van der Waals surface area contributed by atoms with Gasteiger partial charge < -0.3 is 11.1 Å². The van der Waals surface area contributed by atoms with Gasteiger partial charge in [0.1, 0.15) is 0 Å². The van der Waals surface area contributed by atoms with E-state index in [4.69, 9.17) is 5.73 Å². The van der Waals surface area contributed by atoms with Crippen molar-refractivity contribution in [3.63, 3.8) is 0 Å². The average Bonchev–Trinajstić information content (AvgIpc) is 2.76. The fourth-order valence-electron chi connectivity index (χ4n) is 3.24. The molecule has 1 aliphatic rings. The predicted octanol–water partition coefficient (Wildman–Crippen LogP) is 3.26. The van der Waals surface area contributed by atoms with Crippen LogP contribution >= 0.6 is 0 Å². The van der Waals surface area contributed by atoms with Crippen LogP contribution in [-0.4, -0.2) is 10.5 Å². The van der Waals surface area contributed by atoms with Crippen LogP contribution < -0.4 is 11.1 Å². The van der Waals surface area contributed by atoms with Crippen molar-refractivity contribution in [1.29, 1.82) is 0 Å². The van der Waals surface area contributed by atoms with Gasteiger partial charge in [0.05, 0.1) is 0 Å². The van der Waals surface area contributed by atoms with Gasteiger partial charge in [0, 0.05) is 35.6 Å². The van der Waals surface area contributed by atoms with E-state index in [1.165, 1.54) is 11.1 Å². The summed E-state index contributed by atoms with van der Waals surface area (Å²) in [4.78, 5) is 4.12. The number of nitrogens with two attached hydrogens (primary N) is 1. The molecule has 1 aliphatic heterocycles. The first-order valence-electron chi connectivity index (χ1n) is 7.09. The first-order chi connectivity index (χ1) is 9.56. The molecule has 1 fully saturated rings. The van der Waals surface area contributed by atoms with Gasteiger partial charge in [-0.1, -0.05) is 12.1 Å². The summed E-state index contributed by atoms with van der Waals surface area (Å²) >= 11 is 0. The molecule has 1 saturated heterocycles. The van der Waals surface area contributed by atoms with E-state index < -0.39 is 0 Å². The molecule has 0 aliphatic carbocycles. The minimum Gasteiger partial charge on any atom is -0.399 e. The van der Waals surface area contributed by atoms with Crippen LogP contribution in [0.25, 0.3) is 0 Å². The second-order valence-electron chi connectivity index (χ2n) is 6.15. The maximum absolute atomic E-state index is 5.77. The zero-order valence-corrected chi connectivity index (χ0v) is 12.0. The molecule has 3 rings (SSSR count). The van der Waals surface area contributed by atoms with E-state index in [1.54, 1.807) is 0 Å². The van der Waals surface area contributed by atoms with Crippen LogP contribution in [0.1, 0.15) is 43.4 Å². The van der Waals surface area contributed by atoms with Gasteiger partial charge in [-0.25, -0.2) is 0 Å². The predicted molar refractivity (Wildman–Crippen MR) is 82.4 cm³/mol. The summed E-state index contributed by atoms with van der Waals surface area (Å²) in [6.07, 6.45) is 4.85. The lowest BCUT2D eigenvalue weighted by molar-refractivity contribution is 0.397. The zero-order chi connectivity index (χ0) is 14.2. The topological polar surface area (TPSA) is 50.9 Å². The number of aromatic nitrogens is 1. The maximum Gasteiger partial charge on any atom is 0.0331 e. The van der Waals surface area contributed by atoms with E-state index in [-0.39, 0.29) is 5.54 Å². The van der Waals surface area contributed by atoms with E-state index in [2.05, 4.69) is 48.4 Å². The smallest absolute Gasteiger partial charge is 0.0331 e. The monoisotopic (exact) mass is 267 g/mol. The molecular formula is C17H21N3. The van der Waals surface area contributed by atoms with Crippen molar-refractivity contribution in [3.05, 3.63) is 59.9 Å². The summed E-state index contributed by atoms with van der Waals surface area (Å²) in [6.45, 7) is 4.55. The van der Waals surface area contributed by atoms with Crippen LogP contribution in [0.2, 0.25) is 0 Å². The summed E-state index contributed by atoms with van der Waals surface area (Å²) in [5.41, 5.74) is 9.33. The van der Waals surface area contributed by atoms with Gasteiger partial charge in [0.15, 0.2) is 0 Å². The van der Waals surface area contributed by atoms with Crippen molar-refractivity contribution in [2.75, 3.05) is 5.73 Å². The quantitative estimate of drug-likeness (QED) is 0.821. The summed E-state index contributed by atoms with van der Waals surface area (Å²) < 4.78 is 0. The first kappa shape index (κ1) is 13.1. The number of nitrogens with one attached hydrogen (secondary N) is 1. The SMILES string of the molecule is CC1(C)N[C@H](c2ccc(N)cc2)C[C@@H]1c1ccncc1. The van der Waals surface area contributed by atoms with Gasteiger partial charge in [-0.2, -0.15) is 0 Å². The van der Waals surface area contributed by atoms with E-state index in [1.807, 2.05) is 24.5 Å². The highest BCUT2D eigenvalue weighted by atomic mass is 15.0. The fraction of sp³-hybridized carbons (Fsp3) is 0.353. The molecule has 2 heterocycles. The summed E-state index contributed by atoms with van der Waals surface area (Å²) in [6, 6.07) is 12.8. The summed E-state index contributed by atoms with van der Waals surface area (Å²) in [5, 5.41) is 3.75. The molecule has 1 aromatic heterocycles. The molecule has 0 radical (unpaired) electrons. The molecule has 2 atom stereocenters. The molecular weight excluding hydrogens is 246 g/mol. The Morgan fingerprint density at radius 2 is 1.70 bits per heavy atom. The van der Waals surface area contributed by atoms with Crippen LogP contribution in [-0.2, 0) is 0 Å². The Bertz CT molecular complexity index is 575. The highest BCUT2D eigenvalue weighted by Crippen LogP contribution is 2.43. The van der Waals surface area contributed by atoms with Crippen LogP contribution in [0, 0.1) is 0 Å². The van der Waals surface area contributed by atoms with Crippen LogP contribution in [0.4, 0.5) is 5.69 Å². The molecule has 20 heavy (non-hydrogen) atoms. The van der Waals surface area contributed by atoms with Crippen LogP contribution in [0.3, 0.4) is 0 Å². The van der Waals surface area contributed by atoms with Gasteiger partial charge in [-0.3, -0.25) is 4.98 Å². The highest BCUT2D eigenvalue weighted by molar-refractivity contribution is 5.41. The van der Waals surface area contributed by atoms with Gasteiger partial charge in [-0.05, 0) is 55.7 Å². The van der Waals surface area contributed by atoms with Gasteiger partial charge in [0.25, 0.3) is 0 Å². The Hall–Kier alpha value is -1.87. The number of benzene rings is 1.